The number of sulfonamides is 1. The van der Waals surface area contributed by atoms with Crippen LogP contribution in [-0.4, -0.2) is 18.6 Å². The van der Waals surface area contributed by atoms with Crippen molar-refractivity contribution in [2.75, 3.05) is 4.72 Å². The fraction of sp³-hybridized carbons (Fsp3) is 0.111. The number of hydrogen-bond acceptors (Lipinski definition) is 5. The molecule has 0 amide bonds. The molecule has 0 bridgehead atoms. The third-order valence-corrected chi connectivity index (χ3v) is 6.67. The monoisotopic (exact) mass is 473 g/mol. The van der Waals surface area contributed by atoms with Gasteiger partial charge in [0, 0.05) is 11.1 Å². The zero-order valence-electron chi connectivity index (χ0n) is 18.3. The molecule has 2 atom stereocenters. The Kier molecular flexibility index (Phi) is 6.57. The largest absolute Gasteiger partial charge is 0.466 e. The Morgan fingerprint density at radius 2 is 1.59 bits per heavy atom. The lowest BCUT2D eigenvalue weighted by atomic mass is 9.85. The second-order valence-electron chi connectivity index (χ2n) is 7.73. The van der Waals surface area contributed by atoms with Crippen LogP contribution in [0.1, 0.15) is 28.6 Å². The van der Waals surface area contributed by atoms with Gasteiger partial charge >= 0.3 is 0 Å². The van der Waals surface area contributed by atoms with Crippen LogP contribution in [0.4, 0.5) is 5.69 Å². The Morgan fingerprint density at radius 3 is 2.26 bits per heavy atom. The molecule has 1 aromatic heterocycles. The van der Waals surface area contributed by atoms with Crippen LogP contribution in [0.25, 0.3) is 0 Å². The second-order valence-corrected chi connectivity index (χ2v) is 9.41. The first-order chi connectivity index (χ1) is 16.3. The minimum atomic E-state index is -3.94. The maximum absolute atomic E-state index is 13.1. The van der Waals surface area contributed by atoms with Gasteiger partial charge in [-0.05, 0) is 37.3 Å². The minimum absolute atomic E-state index is 0.0930. The zero-order chi connectivity index (χ0) is 24.2. The maximum atomic E-state index is 13.1. The molecule has 1 heterocycles. The van der Waals surface area contributed by atoms with E-state index < -0.39 is 21.7 Å². The summed E-state index contributed by atoms with van der Waals surface area (Å²) in [7, 11) is -3.94. The van der Waals surface area contributed by atoms with Gasteiger partial charge in [0.15, 0.2) is 11.7 Å². The van der Waals surface area contributed by atoms with Crippen molar-refractivity contribution in [2.24, 2.45) is 0 Å². The van der Waals surface area contributed by atoms with Gasteiger partial charge in [-0.15, -0.1) is 0 Å². The van der Waals surface area contributed by atoms with Crippen molar-refractivity contribution in [3.05, 3.63) is 120 Å². The van der Waals surface area contributed by atoms with Gasteiger partial charge in [0.05, 0.1) is 16.8 Å². The predicted octanol–water partition coefficient (Wildman–Crippen LogP) is 4.36. The lowest BCUT2D eigenvalue weighted by molar-refractivity contribution is 0.144. The average molecular weight is 474 g/mol. The standard InChI is InChI=1S/C27H23NO5S/c1-20-13-15-22(16-14-20)34(31,32)28-24-11-6-5-10-23(24)27(30,21-8-3-2-4-9-21)18-17-25(29)26-12-7-19-33-26/h2-16,19,25,28-30H,1H3. The number of aliphatic hydroxyl groups is 2. The highest BCUT2D eigenvalue weighted by Crippen LogP contribution is 2.35. The van der Waals surface area contributed by atoms with E-state index >= 15 is 0 Å². The molecule has 4 aromatic rings. The third-order valence-electron chi connectivity index (χ3n) is 5.29. The van der Waals surface area contributed by atoms with Crippen LogP contribution in [0.2, 0.25) is 0 Å². The molecule has 0 saturated heterocycles. The summed E-state index contributed by atoms with van der Waals surface area (Å²) >= 11 is 0. The van der Waals surface area contributed by atoms with E-state index in [-0.39, 0.29) is 21.9 Å². The summed E-state index contributed by atoms with van der Waals surface area (Å²) in [6, 6.07) is 24.8. The quantitative estimate of drug-likeness (QED) is 0.361. The third kappa shape index (κ3) is 4.90. The normalized spacial score (nSPS) is 13.9. The van der Waals surface area contributed by atoms with Crippen molar-refractivity contribution in [1.82, 2.24) is 0 Å². The van der Waals surface area contributed by atoms with Crippen molar-refractivity contribution >= 4 is 15.7 Å². The van der Waals surface area contributed by atoms with E-state index in [1.165, 1.54) is 18.4 Å². The highest BCUT2D eigenvalue weighted by atomic mass is 32.2. The van der Waals surface area contributed by atoms with Crippen molar-refractivity contribution in [1.29, 1.82) is 0 Å². The van der Waals surface area contributed by atoms with Crippen molar-refractivity contribution in [3.8, 4) is 11.8 Å². The van der Waals surface area contributed by atoms with Gasteiger partial charge < -0.3 is 14.6 Å². The minimum Gasteiger partial charge on any atom is -0.466 e. The summed E-state index contributed by atoms with van der Waals surface area (Å²) in [4.78, 5) is 0.0930. The Balaban J connectivity index is 1.80. The van der Waals surface area contributed by atoms with Crippen LogP contribution in [0.15, 0.2) is 107 Å². The summed E-state index contributed by atoms with van der Waals surface area (Å²) in [5, 5.41) is 22.2. The number of hydrogen-bond donors (Lipinski definition) is 3. The molecule has 172 valence electrons. The molecular weight excluding hydrogens is 450 g/mol. The van der Waals surface area contributed by atoms with Gasteiger partial charge in [0.1, 0.15) is 5.76 Å². The van der Waals surface area contributed by atoms with E-state index in [4.69, 9.17) is 4.42 Å². The van der Waals surface area contributed by atoms with E-state index in [1.807, 2.05) is 6.92 Å². The predicted molar refractivity (Wildman–Crippen MR) is 129 cm³/mol. The number of aliphatic hydroxyl groups excluding tert-OH is 1. The zero-order valence-corrected chi connectivity index (χ0v) is 19.2. The fourth-order valence-corrected chi connectivity index (χ4v) is 4.55. The van der Waals surface area contributed by atoms with Gasteiger partial charge in [-0.2, -0.15) is 0 Å². The van der Waals surface area contributed by atoms with Crippen LogP contribution < -0.4 is 4.72 Å². The summed E-state index contributed by atoms with van der Waals surface area (Å²) in [6.45, 7) is 1.87. The molecule has 3 N–H and O–H groups in total. The first kappa shape index (κ1) is 23.3. The van der Waals surface area contributed by atoms with Gasteiger partial charge in [0.25, 0.3) is 10.0 Å². The lowest BCUT2D eigenvalue weighted by Crippen LogP contribution is -2.28. The van der Waals surface area contributed by atoms with Crippen LogP contribution in [0.3, 0.4) is 0 Å². The molecule has 7 heteroatoms. The summed E-state index contributed by atoms with van der Waals surface area (Å²) in [5.41, 5.74) is -0.201. The summed E-state index contributed by atoms with van der Waals surface area (Å²) in [5.74, 6) is 5.62. The summed E-state index contributed by atoms with van der Waals surface area (Å²) < 4.78 is 33.9. The van der Waals surface area contributed by atoms with Gasteiger partial charge in [-0.3, -0.25) is 4.72 Å². The Labute approximate surface area is 198 Å². The van der Waals surface area contributed by atoms with Gasteiger partial charge in [-0.1, -0.05) is 78.1 Å². The van der Waals surface area contributed by atoms with Crippen LogP contribution in [-0.2, 0) is 15.6 Å². The number of furan rings is 1. The van der Waals surface area contributed by atoms with Crippen LogP contribution in [0.5, 0.6) is 0 Å². The number of rotatable bonds is 6. The number of nitrogens with one attached hydrogen (secondary N) is 1. The molecule has 0 aliphatic rings. The van der Waals surface area contributed by atoms with Crippen molar-refractivity contribution in [3.63, 3.8) is 0 Å². The highest BCUT2D eigenvalue weighted by molar-refractivity contribution is 7.92. The molecule has 6 nitrogen and oxygen atoms in total. The molecule has 2 unspecified atom stereocenters. The first-order valence-corrected chi connectivity index (χ1v) is 12.0. The smallest absolute Gasteiger partial charge is 0.261 e. The molecule has 34 heavy (non-hydrogen) atoms. The molecule has 0 aliphatic heterocycles. The van der Waals surface area contributed by atoms with Gasteiger partial charge in [-0.25, -0.2) is 8.42 Å². The molecule has 0 radical (unpaired) electrons. The topological polar surface area (TPSA) is 99.8 Å². The van der Waals surface area contributed by atoms with E-state index in [9.17, 15) is 18.6 Å². The Morgan fingerprint density at radius 1 is 0.912 bits per heavy atom. The lowest BCUT2D eigenvalue weighted by Gasteiger charge is -2.26. The average Bonchev–Trinajstić information content (AvgIpc) is 3.38. The van der Waals surface area contributed by atoms with Crippen molar-refractivity contribution < 1.29 is 23.0 Å². The number of aryl methyl sites for hydroxylation is 1. The molecule has 0 fully saturated rings. The van der Waals surface area contributed by atoms with Crippen LogP contribution >= 0.6 is 0 Å². The number of benzene rings is 3. The molecule has 4 rings (SSSR count). The first-order valence-electron chi connectivity index (χ1n) is 10.5. The molecule has 0 aliphatic carbocycles. The molecule has 3 aromatic carbocycles. The Bertz CT molecular complexity index is 1420. The van der Waals surface area contributed by atoms with Crippen LogP contribution in [0, 0.1) is 18.8 Å². The van der Waals surface area contributed by atoms with Gasteiger partial charge in [0.2, 0.25) is 0 Å². The van der Waals surface area contributed by atoms with E-state index in [0.29, 0.717) is 5.56 Å². The fourth-order valence-electron chi connectivity index (χ4n) is 3.47. The molecular formula is C27H23NO5S. The SMILES string of the molecule is Cc1ccc(S(=O)(=O)Nc2ccccc2C(O)(C#CC(O)c2ccco2)c2ccccc2)cc1. The van der Waals surface area contributed by atoms with E-state index in [1.54, 1.807) is 78.9 Å². The maximum Gasteiger partial charge on any atom is 0.261 e. The Hall–Kier alpha value is -3.83. The summed E-state index contributed by atoms with van der Waals surface area (Å²) in [6.07, 6.45) is 0.139. The number of anilines is 1. The second kappa shape index (κ2) is 9.57. The number of para-hydroxylation sites is 1. The van der Waals surface area contributed by atoms with Crippen molar-refractivity contribution in [2.45, 2.75) is 23.5 Å². The molecule has 0 spiro atoms. The highest BCUT2D eigenvalue weighted by Gasteiger charge is 2.33. The van der Waals surface area contributed by atoms with E-state index in [2.05, 4.69) is 16.6 Å². The van der Waals surface area contributed by atoms with E-state index in [0.717, 1.165) is 5.56 Å². The molecule has 0 saturated carbocycles.